The van der Waals surface area contributed by atoms with E-state index < -0.39 is 5.97 Å². The summed E-state index contributed by atoms with van der Waals surface area (Å²) in [7, 11) is 0. The lowest BCUT2D eigenvalue weighted by atomic mass is 10.2. The molecule has 2 rings (SSSR count). The second-order valence-electron chi connectivity index (χ2n) is 3.79. The van der Waals surface area contributed by atoms with Crippen molar-refractivity contribution in [3.05, 3.63) is 46.2 Å². The molecule has 0 saturated carbocycles. The molecule has 0 aliphatic rings. The van der Waals surface area contributed by atoms with Gasteiger partial charge >= 0.3 is 5.97 Å². The van der Waals surface area contributed by atoms with Crippen LogP contribution in [0.1, 0.15) is 21.6 Å². The minimum atomic E-state index is -0.978. The molecule has 0 fully saturated rings. The zero-order valence-corrected chi connectivity index (χ0v) is 10.2. The van der Waals surface area contributed by atoms with Crippen LogP contribution in [0.15, 0.2) is 24.4 Å². The van der Waals surface area contributed by atoms with Gasteiger partial charge in [0.2, 0.25) is 0 Å². The lowest BCUT2D eigenvalue weighted by Crippen LogP contribution is -2.04. The summed E-state index contributed by atoms with van der Waals surface area (Å²) in [4.78, 5) is 10.9. The number of aryl methyl sites for hydroxylation is 1. The van der Waals surface area contributed by atoms with Crippen LogP contribution in [0.2, 0.25) is 5.02 Å². The van der Waals surface area contributed by atoms with Crippen LogP contribution in [0.5, 0.6) is 0 Å². The first kappa shape index (κ1) is 11.7. The molecule has 0 spiro atoms. The fourth-order valence-corrected chi connectivity index (χ4v) is 1.84. The quantitative estimate of drug-likeness (QED) is 0.892. The minimum absolute atomic E-state index is 0.198. The number of aromatic nitrogens is 2. The van der Waals surface area contributed by atoms with Crippen molar-refractivity contribution in [3.63, 3.8) is 0 Å². The van der Waals surface area contributed by atoms with E-state index in [1.54, 1.807) is 23.7 Å². The first-order valence-corrected chi connectivity index (χ1v) is 5.43. The van der Waals surface area contributed by atoms with Crippen LogP contribution in [-0.2, 0) is 0 Å². The van der Waals surface area contributed by atoms with Crippen LogP contribution in [0.25, 0.3) is 5.69 Å². The Kier molecular flexibility index (Phi) is 2.90. The van der Waals surface area contributed by atoms with Crippen LogP contribution in [0.3, 0.4) is 0 Å². The summed E-state index contributed by atoms with van der Waals surface area (Å²) in [5.41, 5.74) is 2.56. The average Bonchev–Trinajstić information content (AvgIpc) is 2.64. The van der Waals surface area contributed by atoms with Gasteiger partial charge in [0, 0.05) is 5.02 Å². The van der Waals surface area contributed by atoms with Crippen molar-refractivity contribution in [2.24, 2.45) is 0 Å². The molecule has 17 heavy (non-hydrogen) atoms. The van der Waals surface area contributed by atoms with E-state index in [4.69, 9.17) is 16.7 Å². The highest BCUT2D eigenvalue weighted by atomic mass is 35.5. The Bertz CT molecular complexity index is 590. The maximum atomic E-state index is 10.9. The number of carbonyl (C=O) groups is 1. The topological polar surface area (TPSA) is 55.1 Å². The van der Waals surface area contributed by atoms with Gasteiger partial charge < -0.3 is 5.11 Å². The molecule has 88 valence electrons. The summed E-state index contributed by atoms with van der Waals surface area (Å²) in [6.07, 6.45) is 1.35. The summed E-state index contributed by atoms with van der Waals surface area (Å²) in [5, 5.41) is 13.7. The number of benzene rings is 1. The first-order valence-electron chi connectivity index (χ1n) is 5.05. The van der Waals surface area contributed by atoms with E-state index in [1.165, 1.54) is 6.20 Å². The van der Waals surface area contributed by atoms with Crippen LogP contribution >= 0.6 is 11.6 Å². The van der Waals surface area contributed by atoms with Gasteiger partial charge in [-0.15, -0.1) is 0 Å². The zero-order chi connectivity index (χ0) is 12.6. The van der Waals surface area contributed by atoms with Crippen molar-refractivity contribution < 1.29 is 9.90 Å². The molecule has 2 aromatic rings. The fourth-order valence-electron chi connectivity index (χ4n) is 1.67. The number of rotatable bonds is 2. The Hall–Kier alpha value is -1.81. The second-order valence-corrected chi connectivity index (χ2v) is 4.23. The molecule has 0 atom stereocenters. The molecule has 1 heterocycles. The highest BCUT2D eigenvalue weighted by Crippen LogP contribution is 2.21. The minimum Gasteiger partial charge on any atom is -0.478 e. The van der Waals surface area contributed by atoms with E-state index in [1.807, 2.05) is 13.0 Å². The van der Waals surface area contributed by atoms with Crippen LogP contribution < -0.4 is 0 Å². The summed E-state index contributed by atoms with van der Waals surface area (Å²) in [5.74, 6) is -0.978. The van der Waals surface area contributed by atoms with Gasteiger partial charge in [0.25, 0.3) is 0 Å². The van der Waals surface area contributed by atoms with Crippen LogP contribution in [0, 0.1) is 13.8 Å². The fraction of sp³-hybridized carbons (Fsp3) is 0.167. The molecule has 5 heteroatoms. The largest absolute Gasteiger partial charge is 0.478 e. The predicted octanol–water partition coefficient (Wildman–Crippen LogP) is 2.84. The molecular weight excluding hydrogens is 240 g/mol. The molecular formula is C12H11ClN2O2. The first-order chi connectivity index (χ1) is 8.00. The second kappa shape index (κ2) is 4.22. The van der Waals surface area contributed by atoms with Gasteiger partial charge in [0.1, 0.15) is 5.56 Å². The summed E-state index contributed by atoms with van der Waals surface area (Å²) >= 11 is 5.93. The third-order valence-corrected chi connectivity index (χ3v) is 2.87. The van der Waals surface area contributed by atoms with Gasteiger partial charge in [-0.1, -0.05) is 17.7 Å². The Labute approximate surface area is 103 Å². The normalized spacial score (nSPS) is 10.5. The number of hydrogen-bond donors (Lipinski definition) is 1. The van der Waals surface area contributed by atoms with Gasteiger partial charge in [-0.05, 0) is 31.5 Å². The van der Waals surface area contributed by atoms with Crippen molar-refractivity contribution in [1.29, 1.82) is 0 Å². The van der Waals surface area contributed by atoms with E-state index in [-0.39, 0.29) is 5.56 Å². The molecule has 1 aromatic carbocycles. The molecule has 1 aromatic heterocycles. The molecule has 0 aliphatic carbocycles. The number of hydrogen-bond acceptors (Lipinski definition) is 2. The van der Waals surface area contributed by atoms with E-state index in [0.717, 1.165) is 11.3 Å². The molecule has 1 N–H and O–H groups in total. The Morgan fingerprint density at radius 3 is 2.71 bits per heavy atom. The maximum absolute atomic E-state index is 10.9. The van der Waals surface area contributed by atoms with Gasteiger partial charge in [0.05, 0.1) is 17.6 Å². The standard InChI is InChI=1S/C12H11ClN2O2/c1-7-3-4-9(13)5-11(7)15-8(2)10(6-14-15)12(16)17/h3-6H,1-2H3,(H,16,17). The number of carboxylic acids is 1. The molecule has 0 bridgehead atoms. The molecule has 0 aliphatic heterocycles. The summed E-state index contributed by atoms with van der Waals surface area (Å²) in [6, 6.07) is 5.43. The van der Waals surface area contributed by atoms with Gasteiger partial charge in [-0.3, -0.25) is 0 Å². The predicted molar refractivity (Wildman–Crippen MR) is 65.0 cm³/mol. The van der Waals surface area contributed by atoms with Crippen molar-refractivity contribution in [1.82, 2.24) is 9.78 Å². The molecule has 0 unspecified atom stereocenters. The highest BCUT2D eigenvalue weighted by Gasteiger charge is 2.14. The summed E-state index contributed by atoms with van der Waals surface area (Å²) in [6.45, 7) is 3.64. The van der Waals surface area contributed by atoms with Crippen molar-refractivity contribution >= 4 is 17.6 Å². The average molecular weight is 251 g/mol. The zero-order valence-electron chi connectivity index (χ0n) is 9.44. The Balaban J connectivity index is 2.61. The smallest absolute Gasteiger partial charge is 0.339 e. The molecule has 0 radical (unpaired) electrons. The van der Waals surface area contributed by atoms with Crippen molar-refractivity contribution in [2.75, 3.05) is 0 Å². The SMILES string of the molecule is Cc1ccc(Cl)cc1-n1ncc(C(=O)O)c1C. The van der Waals surface area contributed by atoms with Gasteiger partial charge in [-0.25, -0.2) is 9.48 Å². The number of aromatic carboxylic acids is 1. The third-order valence-electron chi connectivity index (χ3n) is 2.64. The highest BCUT2D eigenvalue weighted by molar-refractivity contribution is 6.30. The molecule has 4 nitrogen and oxygen atoms in total. The van der Waals surface area contributed by atoms with Crippen molar-refractivity contribution in [3.8, 4) is 5.69 Å². The van der Waals surface area contributed by atoms with Gasteiger partial charge in [-0.2, -0.15) is 5.10 Å². The van der Waals surface area contributed by atoms with E-state index in [9.17, 15) is 4.79 Å². The monoisotopic (exact) mass is 250 g/mol. The molecule has 0 saturated heterocycles. The van der Waals surface area contributed by atoms with E-state index >= 15 is 0 Å². The van der Waals surface area contributed by atoms with E-state index in [0.29, 0.717) is 10.7 Å². The Morgan fingerprint density at radius 1 is 1.41 bits per heavy atom. The third kappa shape index (κ3) is 2.03. The lowest BCUT2D eigenvalue weighted by molar-refractivity contribution is 0.0696. The maximum Gasteiger partial charge on any atom is 0.339 e. The summed E-state index contributed by atoms with van der Waals surface area (Å²) < 4.78 is 1.59. The van der Waals surface area contributed by atoms with Crippen molar-refractivity contribution in [2.45, 2.75) is 13.8 Å². The Morgan fingerprint density at radius 2 is 2.12 bits per heavy atom. The number of nitrogens with zero attached hydrogens (tertiary/aromatic N) is 2. The van der Waals surface area contributed by atoms with Gasteiger partial charge in [0.15, 0.2) is 0 Å². The lowest BCUT2D eigenvalue weighted by Gasteiger charge is -2.08. The van der Waals surface area contributed by atoms with E-state index in [2.05, 4.69) is 5.10 Å². The molecule has 0 amide bonds. The number of halogens is 1. The van der Waals surface area contributed by atoms with Crippen LogP contribution in [-0.4, -0.2) is 20.9 Å². The number of carboxylic acid groups (broad SMARTS) is 1. The van der Waals surface area contributed by atoms with Crippen LogP contribution in [0.4, 0.5) is 0 Å².